The van der Waals surface area contributed by atoms with E-state index in [9.17, 15) is 4.79 Å². The molecule has 0 spiro atoms. The first kappa shape index (κ1) is 20.8. The Labute approximate surface area is 176 Å². The van der Waals surface area contributed by atoms with Crippen LogP contribution in [0.3, 0.4) is 0 Å². The summed E-state index contributed by atoms with van der Waals surface area (Å²) < 4.78 is 0. The number of fused-ring (bicyclic) bond motifs is 2. The zero-order valence-corrected chi connectivity index (χ0v) is 18.9. The van der Waals surface area contributed by atoms with Crippen molar-refractivity contribution in [1.29, 1.82) is 0 Å². The molecule has 2 bridgehead atoms. The third kappa shape index (κ3) is 4.08. The van der Waals surface area contributed by atoms with Gasteiger partial charge in [-0.2, -0.15) is 0 Å². The molecular weight excluding hydrogens is 360 g/mol. The summed E-state index contributed by atoms with van der Waals surface area (Å²) in [7, 11) is 0. The van der Waals surface area contributed by atoms with E-state index in [4.69, 9.17) is 9.97 Å². The van der Waals surface area contributed by atoms with Crippen LogP contribution in [0.25, 0.3) is 0 Å². The number of hydrogen-bond acceptors (Lipinski definition) is 5. The number of ketones is 1. The summed E-state index contributed by atoms with van der Waals surface area (Å²) in [4.78, 5) is 27.3. The molecule has 5 heteroatoms. The van der Waals surface area contributed by atoms with Crippen molar-refractivity contribution in [2.45, 2.75) is 97.2 Å². The Morgan fingerprint density at radius 3 is 2.14 bits per heavy atom. The third-order valence-corrected chi connectivity index (χ3v) is 7.61. The van der Waals surface area contributed by atoms with Gasteiger partial charge in [0, 0.05) is 54.9 Å². The minimum Gasteiger partial charge on any atom is -0.332 e. The summed E-state index contributed by atoms with van der Waals surface area (Å²) in [5.74, 6) is 2.32. The Morgan fingerprint density at radius 1 is 1.00 bits per heavy atom. The molecule has 2 atom stereocenters. The van der Waals surface area contributed by atoms with Gasteiger partial charge < -0.3 is 4.90 Å². The molecule has 2 saturated heterocycles. The predicted octanol–water partition coefficient (Wildman–Crippen LogP) is 4.35. The highest BCUT2D eigenvalue weighted by Crippen LogP contribution is 2.39. The lowest BCUT2D eigenvalue weighted by molar-refractivity contribution is -0.126. The van der Waals surface area contributed by atoms with Crippen molar-refractivity contribution in [1.82, 2.24) is 14.9 Å². The van der Waals surface area contributed by atoms with Crippen molar-refractivity contribution in [3.63, 3.8) is 0 Å². The van der Waals surface area contributed by atoms with E-state index in [1.165, 1.54) is 18.4 Å². The Balaban J connectivity index is 1.44. The predicted molar refractivity (Wildman–Crippen MR) is 117 cm³/mol. The maximum atomic E-state index is 12.3. The van der Waals surface area contributed by atoms with E-state index in [-0.39, 0.29) is 11.8 Å². The van der Waals surface area contributed by atoms with Gasteiger partial charge in [0.15, 0.2) is 0 Å². The van der Waals surface area contributed by atoms with Crippen molar-refractivity contribution < 1.29 is 4.79 Å². The molecule has 3 aliphatic rings. The average Bonchev–Trinajstić information content (AvgIpc) is 2.96. The Kier molecular flexibility index (Phi) is 5.97. The Bertz CT molecular complexity index is 724. The van der Waals surface area contributed by atoms with Gasteiger partial charge in [0.1, 0.15) is 5.78 Å². The second-order valence-electron chi connectivity index (χ2n) is 10.2. The molecule has 4 rings (SSSR count). The molecule has 0 radical (unpaired) electrons. The zero-order valence-electron chi connectivity index (χ0n) is 18.9. The van der Waals surface area contributed by atoms with Gasteiger partial charge in [0.05, 0.1) is 0 Å². The number of aromatic nitrogens is 2. The van der Waals surface area contributed by atoms with Crippen LogP contribution in [0, 0.1) is 18.8 Å². The SMILES string of the molecule is Cc1nc(N2C3CCC2CN(C(C)C)C3)ncc1[C@H]1CC[C@H](C(=O)C(C)C)CC1. The summed E-state index contributed by atoms with van der Waals surface area (Å²) >= 11 is 0. The minimum absolute atomic E-state index is 0.160. The van der Waals surface area contributed by atoms with Crippen LogP contribution >= 0.6 is 0 Å². The molecule has 160 valence electrons. The van der Waals surface area contributed by atoms with Crippen molar-refractivity contribution in [3.8, 4) is 0 Å². The van der Waals surface area contributed by atoms with E-state index in [2.05, 4.69) is 36.8 Å². The van der Waals surface area contributed by atoms with Gasteiger partial charge in [-0.1, -0.05) is 13.8 Å². The van der Waals surface area contributed by atoms with E-state index in [0.29, 0.717) is 29.8 Å². The highest BCUT2D eigenvalue weighted by molar-refractivity contribution is 5.82. The second-order valence-corrected chi connectivity index (χ2v) is 10.2. The van der Waals surface area contributed by atoms with Gasteiger partial charge in [0.2, 0.25) is 5.95 Å². The summed E-state index contributed by atoms with van der Waals surface area (Å²) in [6, 6.07) is 1.72. The minimum atomic E-state index is 0.160. The Morgan fingerprint density at radius 2 is 1.62 bits per heavy atom. The quantitative estimate of drug-likeness (QED) is 0.738. The molecular formula is C24H38N4O. The van der Waals surface area contributed by atoms with Crippen molar-refractivity contribution in [3.05, 3.63) is 17.5 Å². The fourth-order valence-corrected chi connectivity index (χ4v) is 5.83. The van der Waals surface area contributed by atoms with Crippen LogP contribution in [0.1, 0.15) is 83.4 Å². The molecule has 3 heterocycles. The van der Waals surface area contributed by atoms with E-state index >= 15 is 0 Å². The average molecular weight is 399 g/mol. The van der Waals surface area contributed by atoms with E-state index in [0.717, 1.165) is 50.4 Å². The molecule has 1 saturated carbocycles. The summed E-state index contributed by atoms with van der Waals surface area (Å²) in [5, 5.41) is 0. The largest absolute Gasteiger partial charge is 0.332 e. The van der Waals surface area contributed by atoms with Crippen LogP contribution < -0.4 is 4.90 Å². The molecule has 3 fully saturated rings. The number of piperazine rings is 1. The van der Waals surface area contributed by atoms with Crippen molar-refractivity contribution in [2.75, 3.05) is 18.0 Å². The normalized spacial score (nSPS) is 30.4. The maximum Gasteiger partial charge on any atom is 0.226 e. The summed E-state index contributed by atoms with van der Waals surface area (Å²) in [5.41, 5.74) is 2.44. The molecule has 0 aromatic carbocycles. The van der Waals surface area contributed by atoms with Crippen LogP contribution in [0.2, 0.25) is 0 Å². The lowest BCUT2D eigenvalue weighted by atomic mass is 9.75. The number of carbonyl (C=O) groups is 1. The maximum absolute atomic E-state index is 12.3. The van der Waals surface area contributed by atoms with Crippen LogP contribution in [-0.4, -0.2) is 51.9 Å². The van der Waals surface area contributed by atoms with Gasteiger partial charge in [-0.15, -0.1) is 0 Å². The molecule has 1 aromatic rings. The molecule has 2 aliphatic heterocycles. The van der Waals surface area contributed by atoms with Crippen molar-refractivity contribution >= 4 is 11.7 Å². The van der Waals surface area contributed by atoms with Gasteiger partial charge in [-0.3, -0.25) is 9.69 Å². The number of rotatable bonds is 5. The molecule has 0 N–H and O–H groups in total. The highest BCUT2D eigenvalue weighted by atomic mass is 16.1. The van der Waals surface area contributed by atoms with Crippen LogP contribution in [0.4, 0.5) is 5.95 Å². The van der Waals surface area contributed by atoms with Crippen LogP contribution in [0.5, 0.6) is 0 Å². The molecule has 1 aliphatic carbocycles. The second kappa shape index (κ2) is 8.33. The standard InChI is InChI=1S/C24H38N4O/c1-15(2)23(29)19-8-6-18(7-9-19)22-12-25-24(26-17(22)5)28-20-10-11-21(28)14-27(13-20)16(3)4/h12,15-16,18-21H,6-11,13-14H2,1-5H3/t18-,19-,20?,21?. The van der Waals surface area contributed by atoms with E-state index < -0.39 is 0 Å². The number of carbonyl (C=O) groups excluding carboxylic acids is 1. The van der Waals surface area contributed by atoms with Gasteiger partial charge in [-0.05, 0) is 70.8 Å². The van der Waals surface area contributed by atoms with Crippen molar-refractivity contribution in [2.24, 2.45) is 11.8 Å². The molecule has 0 amide bonds. The molecule has 5 nitrogen and oxygen atoms in total. The molecule has 1 aromatic heterocycles. The number of hydrogen-bond donors (Lipinski definition) is 0. The van der Waals surface area contributed by atoms with E-state index in [1.54, 1.807) is 0 Å². The van der Waals surface area contributed by atoms with E-state index in [1.807, 2.05) is 13.8 Å². The van der Waals surface area contributed by atoms with Gasteiger partial charge >= 0.3 is 0 Å². The lowest BCUT2D eigenvalue weighted by Gasteiger charge is -2.43. The topological polar surface area (TPSA) is 49.3 Å². The lowest BCUT2D eigenvalue weighted by Crippen LogP contribution is -2.56. The fourth-order valence-electron chi connectivity index (χ4n) is 5.83. The first-order chi connectivity index (χ1) is 13.8. The number of anilines is 1. The van der Waals surface area contributed by atoms with Gasteiger partial charge in [-0.25, -0.2) is 9.97 Å². The monoisotopic (exact) mass is 398 g/mol. The molecule has 29 heavy (non-hydrogen) atoms. The molecule has 2 unspecified atom stereocenters. The first-order valence-electron chi connectivity index (χ1n) is 11.7. The van der Waals surface area contributed by atoms with Gasteiger partial charge in [0.25, 0.3) is 0 Å². The third-order valence-electron chi connectivity index (χ3n) is 7.61. The summed E-state index contributed by atoms with van der Waals surface area (Å²) in [6.45, 7) is 13.1. The number of Topliss-reactive ketones (excluding diaryl/α,β-unsaturated/α-hetero) is 1. The number of aryl methyl sites for hydroxylation is 1. The Hall–Kier alpha value is -1.49. The highest BCUT2D eigenvalue weighted by Gasteiger charge is 2.42. The smallest absolute Gasteiger partial charge is 0.226 e. The summed E-state index contributed by atoms with van der Waals surface area (Å²) in [6.07, 6.45) is 8.82. The number of likely N-dealkylation sites (tertiary alicyclic amines) is 1. The fraction of sp³-hybridized carbons (Fsp3) is 0.792. The first-order valence-corrected chi connectivity index (χ1v) is 11.7. The van der Waals surface area contributed by atoms with Crippen LogP contribution in [0.15, 0.2) is 6.20 Å². The zero-order chi connectivity index (χ0) is 20.7. The number of nitrogens with zero attached hydrogens (tertiary/aromatic N) is 4. The van der Waals surface area contributed by atoms with Crippen LogP contribution in [-0.2, 0) is 4.79 Å².